The first-order valence-corrected chi connectivity index (χ1v) is 8.03. The molecule has 1 atom stereocenters. The molecule has 22 heavy (non-hydrogen) atoms. The van der Waals surface area contributed by atoms with Gasteiger partial charge in [-0.15, -0.1) is 23.7 Å². The number of nitrogens with two attached hydrogens (primary N) is 1. The maximum absolute atomic E-state index is 12.0. The van der Waals surface area contributed by atoms with Gasteiger partial charge in [0.1, 0.15) is 10.7 Å². The monoisotopic (exact) mass is 379 g/mol. The van der Waals surface area contributed by atoms with E-state index in [4.69, 9.17) is 28.9 Å². The van der Waals surface area contributed by atoms with E-state index in [1.165, 1.54) is 11.3 Å². The van der Waals surface area contributed by atoms with E-state index in [9.17, 15) is 4.79 Å². The molecule has 0 saturated carbocycles. The Morgan fingerprint density at radius 1 is 1.41 bits per heavy atom. The fraction of sp³-hybridized carbons (Fsp3) is 0.286. The Morgan fingerprint density at radius 2 is 2.05 bits per heavy atom. The lowest BCUT2D eigenvalue weighted by atomic mass is 10.0. The summed E-state index contributed by atoms with van der Waals surface area (Å²) in [4.78, 5) is 16.1. The SMILES string of the molecule is CC(CNC(=O)c1csc(CN)n1)c1c(Cl)cccc1Cl.Cl. The summed E-state index contributed by atoms with van der Waals surface area (Å²) in [5.41, 5.74) is 6.70. The molecular formula is C14H16Cl3N3OS. The van der Waals surface area contributed by atoms with Gasteiger partial charge in [-0.05, 0) is 17.7 Å². The summed E-state index contributed by atoms with van der Waals surface area (Å²) in [6.45, 7) is 2.72. The van der Waals surface area contributed by atoms with Gasteiger partial charge in [-0.3, -0.25) is 4.79 Å². The predicted molar refractivity (Wildman–Crippen MR) is 94.5 cm³/mol. The summed E-state index contributed by atoms with van der Waals surface area (Å²) < 4.78 is 0. The number of hydrogen-bond acceptors (Lipinski definition) is 4. The van der Waals surface area contributed by atoms with Crippen LogP contribution in [0.25, 0.3) is 0 Å². The highest BCUT2D eigenvalue weighted by molar-refractivity contribution is 7.09. The van der Waals surface area contributed by atoms with Crippen molar-refractivity contribution in [2.45, 2.75) is 19.4 Å². The minimum absolute atomic E-state index is 0. The molecule has 4 nitrogen and oxygen atoms in total. The van der Waals surface area contributed by atoms with Gasteiger partial charge >= 0.3 is 0 Å². The van der Waals surface area contributed by atoms with E-state index >= 15 is 0 Å². The summed E-state index contributed by atoms with van der Waals surface area (Å²) in [6, 6.07) is 5.37. The molecule has 1 amide bonds. The van der Waals surface area contributed by atoms with Crippen molar-refractivity contribution in [3.05, 3.63) is 49.9 Å². The average molecular weight is 381 g/mol. The zero-order valence-electron chi connectivity index (χ0n) is 11.8. The highest BCUT2D eigenvalue weighted by Crippen LogP contribution is 2.30. The lowest BCUT2D eigenvalue weighted by Gasteiger charge is -2.15. The van der Waals surface area contributed by atoms with Crippen molar-refractivity contribution < 1.29 is 4.79 Å². The summed E-state index contributed by atoms with van der Waals surface area (Å²) in [7, 11) is 0. The van der Waals surface area contributed by atoms with E-state index in [1.807, 2.05) is 6.92 Å². The lowest BCUT2D eigenvalue weighted by Crippen LogP contribution is -2.28. The number of benzene rings is 1. The number of rotatable bonds is 5. The fourth-order valence-electron chi connectivity index (χ4n) is 1.93. The predicted octanol–water partition coefficient (Wildman–Crippen LogP) is 3.86. The Hall–Kier alpha value is -0.850. The number of carbonyl (C=O) groups is 1. The van der Waals surface area contributed by atoms with E-state index in [2.05, 4.69) is 10.3 Å². The zero-order valence-corrected chi connectivity index (χ0v) is 15.0. The van der Waals surface area contributed by atoms with Gasteiger partial charge in [0.05, 0.1) is 0 Å². The molecule has 8 heteroatoms. The maximum atomic E-state index is 12.0. The van der Waals surface area contributed by atoms with Gasteiger partial charge < -0.3 is 11.1 Å². The zero-order chi connectivity index (χ0) is 15.4. The van der Waals surface area contributed by atoms with Crippen LogP contribution in [0.3, 0.4) is 0 Å². The number of carbonyl (C=O) groups excluding carboxylic acids is 1. The summed E-state index contributed by atoms with van der Waals surface area (Å²) >= 11 is 13.7. The molecule has 3 N–H and O–H groups in total. The number of nitrogens with zero attached hydrogens (tertiary/aromatic N) is 1. The van der Waals surface area contributed by atoms with Gasteiger partial charge in [0, 0.05) is 34.4 Å². The quantitative estimate of drug-likeness (QED) is 0.827. The van der Waals surface area contributed by atoms with Crippen molar-refractivity contribution in [2.24, 2.45) is 5.73 Å². The second-order valence-corrected chi connectivity index (χ2v) is 6.33. The van der Waals surface area contributed by atoms with Crippen molar-refractivity contribution in [2.75, 3.05) is 6.54 Å². The van der Waals surface area contributed by atoms with Gasteiger partial charge in [0.2, 0.25) is 0 Å². The first-order valence-electron chi connectivity index (χ1n) is 6.39. The van der Waals surface area contributed by atoms with Crippen molar-refractivity contribution in [1.29, 1.82) is 0 Å². The molecule has 0 spiro atoms. The molecule has 0 aliphatic rings. The third kappa shape index (κ3) is 4.57. The molecule has 0 aliphatic heterocycles. The van der Waals surface area contributed by atoms with E-state index in [0.29, 0.717) is 28.8 Å². The van der Waals surface area contributed by atoms with E-state index < -0.39 is 0 Å². The normalized spacial score (nSPS) is 11.6. The lowest BCUT2D eigenvalue weighted by molar-refractivity contribution is 0.0947. The average Bonchev–Trinajstić information content (AvgIpc) is 2.93. The van der Waals surface area contributed by atoms with Gasteiger partial charge in [-0.2, -0.15) is 0 Å². The third-order valence-corrected chi connectivity index (χ3v) is 4.55. The molecule has 0 fully saturated rings. The summed E-state index contributed by atoms with van der Waals surface area (Å²) in [5.74, 6) is -0.219. The van der Waals surface area contributed by atoms with E-state index in [-0.39, 0.29) is 24.2 Å². The molecular weight excluding hydrogens is 365 g/mol. The minimum Gasteiger partial charge on any atom is -0.350 e. The molecule has 0 radical (unpaired) electrons. The van der Waals surface area contributed by atoms with Crippen LogP contribution in [0, 0.1) is 0 Å². The molecule has 1 aromatic carbocycles. The molecule has 1 unspecified atom stereocenters. The molecule has 0 bridgehead atoms. The number of amides is 1. The third-order valence-electron chi connectivity index (χ3n) is 3.02. The highest BCUT2D eigenvalue weighted by atomic mass is 35.5. The van der Waals surface area contributed by atoms with E-state index in [0.717, 1.165) is 10.6 Å². The van der Waals surface area contributed by atoms with Crippen molar-refractivity contribution in [1.82, 2.24) is 10.3 Å². The first kappa shape index (κ1) is 19.2. The Bertz CT molecular complexity index is 628. The topological polar surface area (TPSA) is 68.0 Å². The van der Waals surface area contributed by atoms with Crippen LogP contribution in [-0.2, 0) is 6.54 Å². The van der Waals surface area contributed by atoms with Gasteiger partial charge in [0.15, 0.2) is 0 Å². The number of halogens is 3. The number of hydrogen-bond donors (Lipinski definition) is 2. The Kier molecular flexibility index (Phi) is 7.59. The molecule has 1 aromatic heterocycles. The smallest absolute Gasteiger partial charge is 0.270 e. The summed E-state index contributed by atoms with van der Waals surface area (Å²) in [5, 5.41) is 6.47. The van der Waals surface area contributed by atoms with Crippen molar-refractivity contribution in [3.8, 4) is 0 Å². The standard InChI is InChI=1S/C14H15Cl2N3OS.ClH/c1-8(13-9(15)3-2-4-10(13)16)6-18-14(20)11-7-21-12(5-17)19-11;/h2-4,7-8H,5-6,17H2,1H3,(H,18,20);1H. The van der Waals surface area contributed by atoms with Crippen LogP contribution < -0.4 is 11.1 Å². The van der Waals surface area contributed by atoms with Crippen LogP contribution >= 0.6 is 46.9 Å². The van der Waals surface area contributed by atoms with Gasteiger partial charge in [0.25, 0.3) is 5.91 Å². The molecule has 0 saturated heterocycles. The maximum Gasteiger partial charge on any atom is 0.270 e. The van der Waals surface area contributed by atoms with Gasteiger partial charge in [-0.25, -0.2) is 4.98 Å². The van der Waals surface area contributed by atoms with Crippen molar-refractivity contribution >= 4 is 52.9 Å². The van der Waals surface area contributed by atoms with Crippen LogP contribution in [0.4, 0.5) is 0 Å². The molecule has 2 aromatic rings. The Morgan fingerprint density at radius 3 is 2.59 bits per heavy atom. The first-order chi connectivity index (χ1) is 10.0. The molecule has 120 valence electrons. The Balaban J connectivity index is 0.00000242. The van der Waals surface area contributed by atoms with Crippen LogP contribution in [0.1, 0.15) is 33.9 Å². The number of thiazole rings is 1. The summed E-state index contributed by atoms with van der Waals surface area (Å²) in [6.07, 6.45) is 0. The second kappa shape index (κ2) is 8.70. The van der Waals surface area contributed by atoms with Crippen LogP contribution in [0.15, 0.2) is 23.6 Å². The largest absolute Gasteiger partial charge is 0.350 e. The van der Waals surface area contributed by atoms with Crippen LogP contribution in [0.2, 0.25) is 10.0 Å². The highest BCUT2D eigenvalue weighted by Gasteiger charge is 2.16. The van der Waals surface area contributed by atoms with E-state index in [1.54, 1.807) is 23.6 Å². The van der Waals surface area contributed by atoms with Crippen molar-refractivity contribution in [3.63, 3.8) is 0 Å². The fourth-order valence-corrected chi connectivity index (χ4v) is 3.35. The minimum atomic E-state index is -0.221. The van der Waals surface area contributed by atoms with Crippen LogP contribution in [0.5, 0.6) is 0 Å². The Labute approximate surface area is 149 Å². The number of aromatic nitrogens is 1. The number of nitrogens with one attached hydrogen (secondary N) is 1. The molecule has 2 rings (SSSR count). The van der Waals surface area contributed by atoms with Crippen LogP contribution in [-0.4, -0.2) is 17.4 Å². The second-order valence-electron chi connectivity index (χ2n) is 4.58. The molecule has 1 heterocycles. The molecule has 0 aliphatic carbocycles. The van der Waals surface area contributed by atoms with Gasteiger partial charge in [-0.1, -0.05) is 36.2 Å².